The van der Waals surface area contributed by atoms with Crippen LogP contribution in [-0.4, -0.2) is 15.0 Å². The molecule has 0 aliphatic heterocycles. The smallest absolute Gasteiger partial charge is 0.160 e. The number of nitrogens with zero attached hydrogens (tertiary/aromatic N) is 3. The van der Waals surface area contributed by atoms with Gasteiger partial charge in [-0.1, -0.05) is 133 Å². The predicted octanol–water partition coefficient (Wildman–Crippen LogP) is 11.2. The van der Waals surface area contributed by atoms with Gasteiger partial charge >= 0.3 is 0 Å². The second-order valence-corrected chi connectivity index (χ2v) is 12.3. The maximum absolute atomic E-state index is 5.43. The minimum absolute atomic E-state index is 0.689. The number of fused-ring (bicyclic) bond motifs is 7. The van der Waals surface area contributed by atoms with Crippen molar-refractivity contribution in [2.75, 3.05) is 0 Å². The molecule has 0 saturated heterocycles. The van der Waals surface area contributed by atoms with E-state index in [0.717, 1.165) is 50.2 Å². The Labute approximate surface area is 264 Å². The number of hydrogen-bond donors (Lipinski definition) is 0. The minimum Gasteiger partial charge on any atom is -0.246 e. The monoisotopic (exact) mass is 591 g/mol. The molecule has 4 heteroatoms. The summed E-state index contributed by atoms with van der Waals surface area (Å²) in [5, 5.41) is 6.05. The highest BCUT2D eigenvalue weighted by Crippen LogP contribution is 2.41. The van der Waals surface area contributed by atoms with Crippen LogP contribution in [0.25, 0.3) is 87.0 Å². The third-order valence-corrected chi connectivity index (χ3v) is 9.67. The van der Waals surface area contributed by atoms with Crippen LogP contribution in [0.3, 0.4) is 0 Å². The maximum Gasteiger partial charge on any atom is 0.160 e. The van der Waals surface area contributed by atoms with Crippen molar-refractivity contribution < 1.29 is 0 Å². The fraction of sp³-hybridized carbons (Fsp3) is 0. The van der Waals surface area contributed by atoms with E-state index in [-0.39, 0.29) is 0 Å². The normalized spacial score (nSPS) is 11.6. The molecule has 45 heavy (non-hydrogen) atoms. The average Bonchev–Trinajstić information content (AvgIpc) is 3.51. The third kappa shape index (κ3) is 4.38. The van der Waals surface area contributed by atoms with Gasteiger partial charge in [-0.2, -0.15) is 0 Å². The summed E-state index contributed by atoms with van der Waals surface area (Å²) in [6, 6.07) is 52.9. The number of hydrogen-bond acceptors (Lipinski definition) is 4. The summed E-state index contributed by atoms with van der Waals surface area (Å²) in [6.45, 7) is 0. The number of rotatable bonds is 4. The zero-order valence-corrected chi connectivity index (χ0v) is 25.0. The Balaban J connectivity index is 1.27. The van der Waals surface area contributed by atoms with Crippen LogP contribution in [0.15, 0.2) is 152 Å². The van der Waals surface area contributed by atoms with Crippen molar-refractivity contribution in [2.24, 2.45) is 0 Å². The topological polar surface area (TPSA) is 38.7 Å². The predicted molar refractivity (Wildman–Crippen MR) is 189 cm³/mol. The van der Waals surface area contributed by atoms with Crippen LogP contribution < -0.4 is 0 Å². The molecule has 3 aromatic heterocycles. The molecule has 0 spiro atoms. The summed E-state index contributed by atoms with van der Waals surface area (Å²) in [7, 11) is 0. The van der Waals surface area contributed by atoms with Crippen molar-refractivity contribution in [1.82, 2.24) is 15.0 Å². The first-order valence-electron chi connectivity index (χ1n) is 15.0. The van der Waals surface area contributed by atoms with E-state index in [4.69, 9.17) is 15.0 Å². The highest BCUT2D eigenvalue weighted by molar-refractivity contribution is 7.26. The molecular formula is C41H25N3S. The summed E-state index contributed by atoms with van der Waals surface area (Å²) in [4.78, 5) is 15.6. The second-order valence-electron chi connectivity index (χ2n) is 11.2. The molecule has 3 nitrogen and oxygen atoms in total. The summed E-state index contributed by atoms with van der Waals surface area (Å²) in [6.07, 6.45) is 0. The van der Waals surface area contributed by atoms with Crippen molar-refractivity contribution in [2.45, 2.75) is 0 Å². The fourth-order valence-corrected chi connectivity index (χ4v) is 7.51. The lowest BCUT2D eigenvalue weighted by Crippen LogP contribution is -1.96. The van der Waals surface area contributed by atoms with Gasteiger partial charge in [0.2, 0.25) is 0 Å². The SMILES string of the molecule is c1ccc(-c2cc(-c3ccccc3)nc(-c3cccc(-c4nc5c(ccc6c7ccccc7sc65)c5ccccc45)c3)n2)cc1. The zero-order valence-electron chi connectivity index (χ0n) is 24.2. The Bertz CT molecular complexity index is 2480. The van der Waals surface area contributed by atoms with Crippen LogP contribution in [0, 0.1) is 0 Å². The summed E-state index contributed by atoms with van der Waals surface area (Å²) in [5.74, 6) is 0.689. The van der Waals surface area contributed by atoms with Crippen LogP contribution in [0.2, 0.25) is 0 Å². The summed E-state index contributed by atoms with van der Waals surface area (Å²) in [5.41, 5.74) is 7.91. The molecule has 6 aromatic carbocycles. The van der Waals surface area contributed by atoms with E-state index in [0.29, 0.717) is 5.82 Å². The van der Waals surface area contributed by atoms with Crippen LogP contribution in [0.5, 0.6) is 0 Å². The lowest BCUT2D eigenvalue weighted by molar-refractivity contribution is 1.18. The maximum atomic E-state index is 5.43. The van der Waals surface area contributed by atoms with Gasteiger partial charge in [-0.05, 0) is 23.6 Å². The molecular weight excluding hydrogens is 567 g/mol. The Morgan fingerprint density at radius 3 is 1.69 bits per heavy atom. The second kappa shape index (κ2) is 10.5. The molecule has 0 bridgehead atoms. The van der Waals surface area contributed by atoms with Gasteiger partial charge < -0.3 is 0 Å². The van der Waals surface area contributed by atoms with Gasteiger partial charge in [-0.15, -0.1) is 11.3 Å². The van der Waals surface area contributed by atoms with E-state index in [1.165, 1.54) is 30.9 Å². The standard InChI is InChI=1S/C41H25N3S/c1-3-12-26(13-4-1)35-25-36(27-14-5-2-6-15-27)43-41(42-35)29-17-11-16-28(24-29)38-32-20-8-7-18-30(32)33-22-23-34-31-19-9-10-21-37(31)45-40(34)39(33)44-38/h1-25H. The third-order valence-electron chi connectivity index (χ3n) is 8.48. The quantitative estimate of drug-likeness (QED) is 0.191. The molecule has 9 rings (SSSR count). The Morgan fingerprint density at radius 1 is 0.378 bits per heavy atom. The summed E-state index contributed by atoms with van der Waals surface area (Å²) < 4.78 is 2.51. The lowest BCUT2D eigenvalue weighted by Gasteiger charge is -2.13. The molecule has 0 aliphatic carbocycles. The molecule has 210 valence electrons. The molecule has 0 N–H and O–H groups in total. The lowest BCUT2D eigenvalue weighted by atomic mass is 9.98. The van der Waals surface area contributed by atoms with Gasteiger partial charge in [0.05, 0.1) is 27.3 Å². The molecule has 0 radical (unpaired) electrons. The van der Waals surface area contributed by atoms with E-state index >= 15 is 0 Å². The molecule has 0 amide bonds. The van der Waals surface area contributed by atoms with Crippen LogP contribution in [0.1, 0.15) is 0 Å². The average molecular weight is 592 g/mol. The first-order chi connectivity index (χ1) is 22.3. The van der Waals surface area contributed by atoms with Crippen LogP contribution in [0.4, 0.5) is 0 Å². The van der Waals surface area contributed by atoms with E-state index in [1.807, 2.05) is 47.7 Å². The van der Waals surface area contributed by atoms with Gasteiger partial charge in [0.1, 0.15) is 0 Å². The fourth-order valence-electron chi connectivity index (χ4n) is 6.32. The molecule has 9 aromatic rings. The molecule has 0 atom stereocenters. The summed E-state index contributed by atoms with van der Waals surface area (Å²) >= 11 is 1.82. The largest absolute Gasteiger partial charge is 0.246 e. The van der Waals surface area contributed by atoms with Crippen molar-refractivity contribution in [3.05, 3.63) is 152 Å². The molecule has 0 fully saturated rings. The van der Waals surface area contributed by atoms with Crippen LogP contribution in [-0.2, 0) is 0 Å². The first kappa shape index (κ1) is 25.8. The molecule has 0 saturated carbocycles. The number of benzene rings is 6. The van der Waals surface area contributed by atoms with Gasteiger partial charge in [0, 0.05) is 48.5 Å². The van der Waals surface area contributed by atoms with Gasteiger partial charge in [0.25, 0.3) is 0 Å². The molecule has 3 heterocycles. The Hall–Kier alpha value is -5.71. The minimum atomic E-state index is 0.689. The molecule has 0 unspecified atom stereocenters. The number of pyridine rings is 1. The van der Waals surface area contributed by atoms with Crippen LogP contribution >= 0.6 is 11.3 Å². The number of aromatic nitrogens is 3. The van der Waals surface area contributed by atoms with E-state index < -0.39 is 0 Å². The Kier molecular flexibility index (Phi) is 6.00. The van der Waals surface area contributed by atoms with Crippen molar-refractivity contribution in [3.63, 3.8) is 0 Å². The van der Waals surface area contributed by atoms with Gasteiger partial charge in [-0.3, -0.25) is 0 Å². The Morgan fingerprint density at radius 2 is 0.956 bits per heavy atom. The van der Waals surface area contributed by atoms with E-state index in [1.54, 1.807) is 0 Å². The van der Waals surface area contributed by atoms with E-state index in [2.05, 4.69) is 115 Å². The van der Waals surface area contributed by atoms with E-state index in [9.17, 15) is 0 Å². The van der Waals surface area contributed by atoms with Crippen molar-refractivity contribution in [3.8, 4) is 45.2 Å². The van der Waals surface area contributed by atoms with Crippen molar-refractivity contribution >= 4 is 53.2 Å². The highest BCUT2D eigenvalue weighted by atomic mass is 32.1. The zero-order chi connectivity index (χ0) is 29.7. The van der Waals surface area contributed by atoms with Gasteiger partial charge in [-0.25, -0.2) is 15.0 Å². The van der Waals surface area contributed by atoms with Gasteiger partial charge in [0.15, 0.2) is 5.82 Å². The first-order valence-corrected chi connectivity index (χ1v) is 15.9. The van der Waals surface area contributed by atoms with Crippen molar-refractivity contribution in [1.29, 1.82) is 0 Å². The number of thiophene rings is 1. The highest BCUT2D eigenvalue weighted by Gasteiger charge is 2.17. The molecule has 0 aliphatic rings.